The molecule has 0 aliphatic carbocycles. The maximum Gasteiger partial charge on any atom is 0.358 e. The number of carbonyl (C=O) groups is 1. The third kappa shape index (κ3) is 3.29. The smallest absolute Gasteiger partial charge is 0.358 e. The molecule has 3 heterocycles. The molecule has 0 aromatic carbocycles. The Morgan fingerprint density at radius 3 is 3.04 bits per heavy atom. The van der Waals surface area contributed by atoms with E-state index in [4.69, 9.17) is 4.74 Å². The molecule has 3 rings (SSSR count). The lowest BCUT2D eigenvalue weighted by Crippen LogP contribution is -2.07. The second-order valence-corrected chi connectivity index (χ2v) is 6.13. The first-order valence-corrected chi connectivity index (χ1v) is 8.06. The van der Waals surface area contributed by atoms with Crippen molar-refractivity contribution >= 4 is 33.9 Å². The summed E-state index contributed by atoms with van der Waals surface area (Å²) in [7, 11) is 0. The van der Waals surface area contributed by atoms with Crippen LogP contribution in [-0.2, 0) is 11.3 Å². The Hall–Kier alpha value is -2.54. The van der Waals surface area contributed by atoms with Gasteiger partial charge in [0.05, 0.1) is 18.7 Å². The lowest BCUT2D eigenvalue weighted by atomic mass is 10.2. The van der Waals surface area contributed by atoms with Gasteiger partial charge in [-0.3, -0.25) is 9.97 Å². The number of aryl methyl sites for hydroxylation is 1. The minimum absolute atomic E-state index is 0.347. The zero-order valence-corrected chi connectivity index (χ0v) is 13.7. The van der Waals surface area contributed by atoms with E-state index in [-0.39, 0.29) is 5.97 Å². The minimum atomic E-state index is -0.369. The Kier molecular flexibility index (Phi) is 4.47. The highest BCUT2D eigenvalue weighted by molar-refractivity contribution is 7.11. The molecular weight excluding hydrogens is 312 g/mol. The number of carbonyl (C=O) groups excluding carboxylic acids is 1. The molecular formula is C16H16N4O2S. The Labute approximate surface area is 137 Å². The monoisotopic (exact) mass is 328 g/mol. The van der Waals surface area contributed by atoms with E-state index in [1.54, 1.807) is 25.5 Å². The molecule has 0 saturated heterocycles. The van der Waals surface area contributed by atoms with Crippen molar-refractivity contribution in [3.05, 3.63) is 46.3 Å². The number of thiazole rings is 1. The van der Waals surface area contributed by atoms with Crippen molar-refractivity contribution in [3.63, 3.8) is 0 Å². The summed E-state index contributed by atoms with van der Waals surface area (Å²) in [5.74, 6) is -0.369. The molecule has 3 aromatic heterocycles. The Morgan fingerprint density at radius 2 is 2.22 bits per heavy atom. The fourth-order valence-electron chi connectivity index (χ4n) is 2.23. The van der Waals surface area contributed by atoms with E-state index < -0.39 is 0 Å². The molecule has 0 bridgehead atoms. The summed E-state index contributed by atoms with van der Waals surface area (Å²) in [6.45, 7) is 4.53. The first kappa shape index (κ1) is 15.4. The van der Waals surface area contributed by atoms with Crippen molar-refractivity contribution in [1.82, 2.24) is 15.0 Å². The predicted molar refractivity (Wildman–Crippen MR) is 89.7 cm³/mol. The number of anilines is 1. The van der Waals surface area contributed by atoms with Crippen LogP contribution in [0.25, 0.3) is 10.9 Å². The number of nitrogens with zero attached hydrogens (tertiary/aromatic N) is 3. The number of hydrogen-bond acceptors (Lipinski definition) is 7. The molecule has 1 N–H and O–H groups in total. The van der Waals surface area contributed by atoms with Crippen LogP contribution in [0.3, 0.4) is 0 Å². The van der Waals surface area contributed by atoms with Gasteiger partial charge in [0.1, 0.15) is 5.01 Å². The molecule has 0 saturated carbocycles. The second kappa shape index (κ2) is 6.70. The van der Waals surface area contributed by atoms with Gasteiger partial charge in [-0.25, -0.2) is 9.78 Å². The third-order valence-corrected chi connectivity index (χ3v) is 4.25. The maximum absolute atomic E-state index is 11.8. The largest absolute Gasteiger partial charge is 0.461 e. The maximum atomic E-state index is 11.8. The van der Waals surface area contributed by atoms with E-state index in [1.807, 2.05) is 19.1 Å². The van der Waals surface area contributed by atoms with E-state index in [2.05, 4.69) is 20.3 Å². The van der Waals surface area contributed by atoms with E-state index in [9.17, 15) is 4.79 Å². The van der Waals surface area contributed by atoms with Crippen molar-refractivity contribution in [3.8, 4) is 0 Å². The molecule has 23 heavy (non-hydrogen) atoms. The van der Waals surface area contributed by atoms with Crippen LogP contribution in [0.4, 0.5) is 5.69 Å². The van der Waals surface area contributed by atoms with Crippen molar-refractivity contribution in [2.45, 2.75) is 20.4 Å². The first-order valence-electron chi connectivity index (χ1n) is 7.25. The van der Waals surface area contributed by atoms with Crippen LogP contribution in [-0.4, -0.2) is 27.5 Å². The number of hydrogen-bond donors (Lipinski definition) is 1. The topological polar surface area (TPSA) is 77.0 Å². The van der Waals surface area contributed by atoms with Crippen LogP contribution < -0.4 is 5.32 Å². The van der Waals surface area contributed by atoms with Gasteiger partial charge in [-0.2, -0.15) is 0 Å². The van der Waals surface area contributed by atoms with E-state index in [0.29, 0.717) is 18.8 Å². The first-order chi connectivity index (χ1) is 11.2. The molecule has 6 nitrogen and oxygen atoms in total. The van der Waals surface area contributed by atoms with Gasteiger partial charge >= 0.3 is 5.97 Å². The molecule has 0 amide bonds. The van der Waals surface area contributed by atoms with Crippen LogP contribution in [0.15, 0.2) is 30.7 Å². The molecule has 118 valence electrons. The predicted octanol–water partition coefficient (Wildman–Crippen LogP) is 3.18. The summed E-state index contributed by atoms with van der Waals surface area (Å²) in [6, 6.07) is 3.77. The molecule has 7 heteroatoms. The number of pyridine rings is 2. The number of rotatable bonds is 5. The van der Waals surface area contributed by atoms with Gasteiger partial charge in [-0.05, 0) is 26.0 Å². The second-order valence-electron chi connectivity index (χ2n) is 4.84. The van der Waals surface area contributed by atoms with Crippen molar-refractivity contribution in [1.29, 1.82) is 0 Å². The van der Waals surface area contributed by atoms with Crippen molar-refractivity contribution in [2.75, 3.05) is 11.9 Å². The van der Waals surface area contributed by atoms with Gasteiger partial charge in [-0.15, -0.1) is 11.3 Å². The van der Waals surface area contributed by atoms with E-state index >= 15 is 0 Å². The standard InChI is InChI=1S/C16H16N4O2S/c1-3-22-16(21)15-10(2)23-14(20-15)9-19-13-5-7-18-12-4-6-17-8-11(12)13/h4-8H,3,9H2,1-2H3,(H,18,19). The summed E-state index contributed by atoms with van der Waals surface area (Å²) in [4.78, 5) is 25.5. The molecule has 0 aliphatic rings. The Bertz CT molecular complexity index is 842. The number of fused-ring (bicyclic) bond motifs is 1. The van der Waals surface area contributed by atoms with Crippen molar-refractivity contribution in [2.24, 2.45) is 0 Å². The average molecular weight is 328 g/mol. The summed E-state index contributed by atoms with van der Waals surface area (Å²) in [5, 5.41) is 5.12. The number of esters is 1. The third-order valence-electron chi connectivity index (χ3n) is 3.28. The summed E-state index contributed by atoms with van der Waals surface area (Å²) < 4.78 is 5.01. The summed E-state index contributed by atoms with van der Waals surface area (Å²) >= 11 is 1.49. The van der Waals surface area contributed by atoms with Crippen molar-refractivity contribution < 1.29 is 9.53 Å². The van der Waals surface area contributed by atoms with Crippen LogP contribution in [0.1, 0.15) is 27.3 Å². The number of nitrogens with one attached hydrogen (secondary N) is 1. The van der Waals surface area contributed by atoms with Crippen LogP contribution in [0.5, 0.6) is 0 Å². The highest BCUT2D eigenvalue weighted by Crippen LogP contribution is 2.23. The SMILES string of the molecule is CCOC(=O)c1nc(CNc2ccnc3ccncc23)sc1C. The Balaban J connectivity index is 1.78. The molecule has 0 unspecified atom stereocenters. The fraction of sp³-hybridized carbons (Fsp3) is 0.250. The summed E-state index contributed by atoms with van der Waals surface area (Å²) in [5.41, 5.74) is 2.22. The van der Waals surface area contributed by atoms with Crippen LogP contribution in [0.2, 0.25) is 0 Å². The van der Waals surface area contributed by atoms with Gasteiger partial charge in [0.25, 0.3) is 0 Å². The normalized spacial score (nSPS) is 10.7. The molecule has 0 atom stereocenters. The van der Waals surface area contributed by atoms with E-state index in [0.717, 1.165) is 26.5 Å². The molecule has 3 aromatic rings. The van der Waals surface area contributed by atoms with Gasteiger partial charge in [0, 0.05) is 34.5 Å². The highest BCUT2D eigenvalue weighted by atomic mass is 32.1. The van der Waals surface area contributed by atoms with Gasteiger partial charge in [0.15, 0.2) is 5.69 Å². The lowest BCUT2D eigenvalue weighted by molar-refractivity contribution is 0.0519. The van der Waals surface area contributed by atoms with Gasteiger partial charge in [0.2, 0.25) is 0 Å². The zero-order valence-electron chi connectivity index (χ0n) is 12.9. The molecule has 0 aliphatic heterocycles. The highest BCUT2D eigenvalue weighted by Gasteiger charge is 2.16. The number of ether oxygens (including phenoxy) is 1. The van der Waals surface area contributed by atoms with Crippen LogP contribution in [0, 0.1) is 6.92 Å². The number of aromatic nitrogens is 3. The van der Waals surface area contributed by atoms with Crippen LogP contribution >= 0.6 is 11.3 Å². The quantitative estimate of drug-likeness (QED) is 0.725. The fourth-order valence-corrected chi connectivity index (χ4v) is 3.09. The zero-order chi connectivity index (χ0) is 16.2. The molecule has 0 fully saturated rings. The average Bonchev–Trinajstić information content (AvgIpc) is 2.94. The molecule has 0 radical (unpaired) electrons. The summed E-state index contributed by atoms with van der Waals surface area (Å²) in [6.07, 6.45) is 5.25. The lowest BCUT2D eigenvalue weighted by Gasteiger charge is -2.07. The minimum Gasteiger partial charge on any atom is -0.461 e. The van der Waals surface area contributed by atoms with Gasteiger partial charge < -0.3 is 10.1 Å². The van der Waals surface area contributed by atoms with Gasteiger partial charge in [-0.1, -0.05) is 0 Å². The molecule has 0 spiro atoms. The Morgan fingerprint density at radius 1 is 1.35 bits per heavy atom. The van der Waals surface area contributed by atoms with E-state index in [1.165, 1.54) is 11.3 Å².